The number of anilines is 1. The van der Waals surface area contributed by atoms with Crippen molar-refractivity contribution in [3.05, 3.63) is 83.7 Å². The van der Waals surface area contributed by atoms with Crippen LogP contribution in [-0.4, -0.2) is 53.4 Å². The molecule has 0 saturated carbocycles. The first-order valence-corrected chi connectivity index (χ1v) is 14.6. The average molecular weight is 594 g/mol. The third-order valence-corrected chi connectivity index (χ3v) is 7.73. The Hall–Kier alpha value is -3.93. The number of hydrogen-bond acceptors (Lipinski definition) is 6. The molecule has 0 fully saturated rings. The van der Waals surface area contributed by atoms with Crippen molar-refractivity contribution >= 4 is 35.3 Å². The van der Waals surface area contributed by atoms with Gasteiger partial charge in [0.05, 0.1) is 18.8 Å². The maximum Gasteiger partial charge on any atom is 0.315 e. The lowest BCUT2D eigenvalue weighted by Gasteiger charge is -2.27. The second-order valence-corrected chi connectivity index (χ2v) is 11.9. The smallest absolute Gasteiger partial charge is 0.315 e. The minimum atomic E-state index is -0.798. The maximum absolute atomic E-state index is 14.1. The fourth-order valence-electron chi connectivity index (χ4n) is 4.64. The summed E-state index contributed by atoms with van der Waals surface area (Å²) in [6.07, 6.45) is 0.0643. The zero-order valence-electron chi connectivity index (χ0n) is 23.7. The normalized spacial score (nSPS) is 15.0. The Labute approximate surface area is 249 Å². The van der Waals surface area contributed by atoms with Crippen LogP contribution in [0.4, 0.5) is 14.9 Å². The van der Waals surface area contributed by atoms with E-state index >= 15 is 0 Å². The van der Waals surface area contributed by atoms with E-state index in [-0.39, 0.29) is 49.7 Å². The van der Waals surface area contributed by atoms with Crippen molar-refractivity contribution in [2.45, 2.75) is 49.8 Å². The minimum absolute atomic E-state index is 0.0643. The van der Waals surface area contributed by atoms with E-state index in [1.807, 2.05) is 48.5 Å². The highest BCUT2D eigenvalue weighted by Crippen LogP contribution is 2.36. The summed E-state index contributed by atoms with van der Waals surface area (Å²) in [5.41, 5.74) is 9.50. The maximum atomic E-state index is 14.1. The molecule has 9 nitrogen and oxygen atoms in total. The van der Waals surface area contributed by atoms with Gasteiger partial charge in [0.1, 0.15) is 11.9 Å². The van der Waals surface area contributed by atoms with Gasteiger partial charge in [-0.15, -0.1) is 11.8 Å². The Morgan fingerprint density at radius 1 is 1.10 bits per heavy atom. The van der Waals surface area contributed by atoms with Gasteiger partial charge >= 0.3 is 6.03 Å². The Kier molecular flexibility index (Phi) is 10.2. The highest BCUT2D eigenvalue weighted by molar-refractivity contribution is 7.99. The highest BCUT2D eigenvalue weighted by atomic mass is 32.2. The van der Waals surface area contributed by atoms with Gasteiger partial charge in [-0.1, -0.05) is 48.5 Å². The van der Waals surface area contributed by atoms with Crippen LogP contribution in [0.25, 0.3) is 11.1 Å². The molecule has 4 amide bonds. The number of benzene rings is 3. The van der Waals surface area contributed by atoms with Crippen LogP contribution in [0.3, 0.4) is 0 Å². The van der Waals surface area contributed by atoms with Crippen LogP contribution in [0.2, 0.25) is 0 Å². The van der Waals surface area contributed by atoms with E-state index in [4.69, 9.17) is 10.8 Å². The Bertz CT molecular complexity index is 1430. The summed E-state index contributed by atoms with van der Waals surface area (Å²) in [7, 11) is 0. The first kappa shape index (κ1) is 31.0. The zero-order valence-corrected chi connectivity index (χ0v) is 24.5. The van der Waals surface area contributed by atoms with Crippen molar-refractivity contribution in [2.24, 2.45) is 5.73 Å². The molecule has 11 heteroatoms. The van der Waals surface area contributed by atoms with Crippen LogP contribution in [0.15, 0.2) is 71.6 Å². The number of fused-ring (bicyclic) bond motifs is 1. The quantitative estimate of drug-likeness (QED) is 0.244. The molecule has 0 spiro atoms. The summed E-state index contributed by atoms with van der Waals surface area (Å²) in [5.74, 6) is -0.730. The minimum Gasteiger partial charge on any atom is -0.395 e. The molecular formula is C31H36FN5O4S. The van der Waals surface area contributed by atoms with Crippen molar-refractivity contribution in [3.8, 4) is 11.1 Å². The van der Waals surface area contributed by atoms with E-state index in [0.29, 0.717) is 17.1 Å². The number of carbonyl (C=O) groups excluding carboxylic acids is 3. The molecule has 0 aliphatic carbocycles. The number of rotatable bonds is 10. The van der Waals surface area contributed by atoms with Gasteiger partial charge in [-0.25, -0.2) is 9.18 Å². The van der Waals surface area contributed by atoms with E-state index in [1.165, 1.54) is 23.9 Å². The van der Waals surface area contributed by atoms with Gasteiger partial charge in [0.2, 0.25) is 5.91 Å². The molecule has 0 saturated heterocycles. The van der Waals surface area contributed by atoms with Crippen molar-refractivity contribution in [1.82, 2.24) is 16.0 Å². The first-order chi connectivity index (χ1) is 20.0. The Morgan fingerprint density at radius 2 is 1.83 bits per heavy atom. The van der Waals surface area contributed by atoms with E-state index in [0.717, 1.165) is 22.3 Å². The molecule has 4 rings (SSSR count). The second-order valence-electron chi connectivity index (χ2n) is 10.8. The summed E-state index contributed by atoms with van der Waals surface area (Å²) in [6, 6.07) is 18.6. The lowest BCUT2D eigenvalue weighted by atomic mass is 9.98. The van der Waals surface area contributed by atoms with Gasteiger partial charge in [-0.2, -0.15) is 0 Å². The van der Waals surface area contributed by atoms with Crippen molar-refractivity contribution in [2.75, 3.05) is 23.8 Å². The van der Waals surface area contributed by atoms with Crippen molar-refractivity contribution in [3.63, 3.8) is 0 Å². The number of amides is 4. The number of carbonyl (C=O) groups is 3. The molecule has 222 valence electrons. The van der Waals surface area contributed by atoms with Crippen LogP contribution in [0.1, 0.15) is 31.4 Å². The van der Waals surface area contributed by atoms with E-state index in [1.54, 1.807) is 24.8 Å². The lowest BCUT2D eigenvalue weighted by Crippen LogP contribution is -2.51. The molecule has 6 N–H and O–H groups in total. The van der Waals surface area contributed by atoms with Crippen molar-refractivity contribution < 1.29 is 23.9 Å². The molecule has 1 aliphatic rings. The molecular weight excluding hydrogens is 557 g/mol. The predicted molar refractivity (Wildman–Crippen MR) is 162 cm³/mol. The second kappa shape index (κ2) is 13.8. The fraction of sp³-hybridized carbons (Fsp3) is 0.323. The number of nitrogens with one attached hydrogen (secondary N) is 3. The van der Waals surface area contributed by atoms with Crippen LogP contribution < -0.4 is 26.6 Å². The summed E-state index contributed by atoms with van der Waals surface area (Å²) in [5, 5.41) is 17.1. The molecule has 1 atom stereocenters. The topological polar surface area (TPSA) is 137 Å². The number of aliphatic hydroxyl groups excluding tert-OH is 1. The van der Waals surface area contributed by atoms with Crippen molar-refractivity contribution in [1.29, 1.82) is 0 Å². The van der Waals surface area contributed by atoms with E-state index < -0.39 is 17.4 Å². The summed E-state index contributed by atoms with van der Waals surface area (Å²) >= 11 is 1.33. The Balaban J connectivity index is 1.54. The van der Waals surface area contributed by atoms with E-state index in [2.05, 4.69) is 16.0 Å². The van der Waals surface area contributed by atoms with Gasteiger partial charge in [-0.3, -0.25) is 9.59 Å². The summed E-state index contributed by atoms with van der Waals surface area (Å²) in [4.78, 5) is 40.5. The predicted octanol–water partition coefficient (Wildman–Crippen LogP) is 3.54. The number of nitrogens with two attached hydrogens (primary N) is 1. The third kappa shape index (κ3) is 8.31. The largest absolute Gasteiger partial charge is 0.395 e. The number of aliphatic hydroxyl groups is 1. The Morgan fingerprint density at radius 3 is 2.55 bits per heavy atom. The molecule has 42 heavy (non-hydrogen) atoms. The highest BCUT2D eigenvalue weighted by Gasteiger charge is 2.33. The van der Waals surface area contributed by atoms with Crippen LogP contribution in [-0.2, 0) is 22.7 Å². The van der Waals surface area contributed by atoms with Gasteiger partial charge in [0, 0.05) is 35.7 Å². The number of hydrogen-bond donors (Lipinski definition) is 5. The third-order valence-electron chi connectivity index (χ3n) is 6.59. The number of thioether (sulfide) groups is 1. The first-order valence-electron chi connectivity index (χ1n) is 13.7. The SMILES string of the molecule is CC(C)(N)CC(=O)N[C@@H]1CSc2cc(F)ccc2N(Cc2ccc(-c3ccccc3CNC(=O)NCCO)cc2)C1=O. The van der Waals surface area contributed by atoms with Crippen LogP contribution in [0.5, 0.6) is 0 Å². The monoisotopic (exact) mass is 593 g/mol. The molecule has 0 unspecified atom stereocenters. The van der Waals surface area contributed by atoms with Gasteiger partial charge in [-0.05, 0) is 54.3 Å². The van der Waals surface area contributed by atoms with Crippen LogP contribution in [0, 0.1) is 5.82 Å². The molecule has 1 heterocycles. The van der Waals surface area contributed by atoms with Gasteiger partial charge in [0.15, 0.2) is 0 Å². The fourth-order valence-corrected chi connectivity index (χ4v) is 5.73. The molecule has 3 aromatic rings. The van der Waals surface area contributed by atoms with Gasteiger partial charge in [0.25, 0.3) is 5.91 Å². The molecule has 0 bridgehead atoms. The van der Waals surface area contributed by atoms with Crippen LogP contribution >= 0.6 is 11.8 Å². The lowest BCUT2D eigenvalue weighted by molar-refractivity contribution is -0.127. The number of halogens is 1. The molecule has 0 aromatic heterocycles. The summed E-state index contributed by atoms with van der Waals surface area (Å²) < 4.78 is 14.1. The number of urea groups is 1. The molecule has 0 radical (unpaired) electrons. The molecule has 3 aromatic carbocycles. The molecule has 1 aliphatic heterocycles. The zero-order chi connectivity index (χ0) is 30.3. The average Bonchev–Trinajstić information content (AvgIpc) is 3.06. The standard InChI is InChI=1S/C31H36FN5O4S/c1-31(2,33)16-28(39)36-25-19-42-27-15-23(32)11-12-26(27)37(29(25)40)18-20-7-9-21(10-8-20)24-6-4-3-5-22(24)17-35-30(41)34-13-14-38/h3-12,15,25,38H,13-14,16-19,33H2,1-2H3,(H,36,39)(H2,34,35,41)/t25-/m1/s1. The van der Waals surface area contributed by atoms with Gasteiger partial charge < -0.3 is 31.7 Å². The number of nitrogens with zero attached hydrogens (tertiary/aromatic N) is 1. The summed E-state index contributed by atoms with van der Waals surface area (Å²) in [6.45, 7) is 4.05. The van der Waals surface area contributed by atoms with E-state index in [9.17, 15) is 18.8 Å².